The first-order valence-electron chi connectivity index (χ1n) is 6.10. The molecule has 6 heteroatoms. The van der Waals surface area contributed by atoms with Gasteiger partial charge in [0, 0.05) is 13.1 Å². The minimum absolute atomic E-state index is 0.0493. The van der Waals surface area contributed by atoms with E-state index in [1.807, 2.05) is 0 Å². The Morgan fingerprint density at radius 1 is 1.47 bits per heavy atom. The summed E-state index contributed by atoms with van der Waals surface area (Å²) >= 11 is 0. The highest BCUT2D eigenvalue weighted by molar-refractivity contribution is 5.91. The number of carboxylic acids is 1. The molecule has 0 spiro atoms. The monoisotopic (exact) mass is 263 g/mol. The van der Waals surface area contributed by atoms with Crippen LogP contribution in [0.1, 0.15) is 23.2 Å². The molecular weight excluding hydrogens is 246 g/mol. The number of hydrogen-bond donors (Lipinski definition) is 3. The smallest absolute Gasteiger partial charge is 0.335 e. The minimum Gasteiger partial charge on any atom is -0.478 e. The third kappa shape index (κ3) is 3.37. The predicted octanol–water partition coefficient (Wildman–Crippen LogP) is 0.682. The highest BCUT2D eigenvalue weighted by Crippen LogP contribution is 2.23. The third-order valence-electron chi connectivity index (χ3n) is 3.01. The Kier molecular flexibility index (Phi) is 3.59. The molecule has 1 aromatic carbocycles. The van der Waals surface area contributed by atoms with Crippen LogP contribution in [0.5, 0.6) is 0 Å². The molecule has 1 saturated carbocycles. The molecule has 0 atom stereocenters. The van der Waals surface area contributed by atoms with E-state index in [0.29, 0.717) is 17.4 Å². The summed E-state index contributed by atoms with van der Waals surface area (Å²) in [7, 11) is 1.75. The predicted molar refractivity (Wildman–Crippen MR) is 72.2 cm³/mol. The van der Waals surface area contributed by atoms with Crippen molar-refractivity contribution < 1.29 is 14.7 Å². The Hall–Kier alpha value is -2.24. The lowest BCUT2D eigenvalue weighted by molar-refractivity contribution is -0.119. The van der Waals surface area contributed by atoms with Crippen LogP contribution < -0.4 is 16.0 Å². The lowest BCUT2D eigenvalue weighted by atomic mass is 10.1. The quantitative estimate of drug-likeness (QED) is 0.679. The third-order valence-corrected chi connectivity index (χ3v) is 3.01. The molecule has 6 nitrogen and oxygen atoms in total. The number of nitrogens with two attached hydrogens (primary N) is 1. The average molecular weight is 263 g/mol. The maximum Gasteiger partial charge on any atom is 0.335 e. The summed E-state index contributed by atoms with van der Waals surface area (Å²) in [6, 6.07) is 4.81. The van der Waals surface area contributed by atoms with Gasteiger partial charge in [0.05, 0.1) is 23.5 Å². The van der Waals surface area contributed by atoms with Crippen LogP contribution in [0.15, 0.2) is 18.2 Å². The molecule has 0 heterocycles. The molecule has 0 radical (unpaired) electrons. The number of nitrogens with zero attached hydrogens (tertiary/aromatic N) is 1. The minimum atomic E-state index is -1.02. The fourth-order valence-electron chi connectivity index (χ4n) is 1.84. The van der Waals surface area contributed by atoms with Crippen molar-refractivity contribution in [2.75, 3.05) is 24.2 Å². The van der Waals surface area contributed by atoms with Crippen molar-refractivity contribution in [3.05, 3.63) is 23.8 Å². The number of rotatable bonds is 5. The molecule has 1 aliphatic rings. The van der Waals surface area contributed by atoms with E-state index in [0.717, 1.165) is 12.8 Å². The molecule has 102 valence electrons. The van der Waals surface area contributed by atoms with Gasteiger partial charge < -0.3 is 21.1 Å². The highest BCUT2D eigenvalue weighted by atomic mass is 16.4. The van der Waals surface area contributed by atoms with Gasteiger partial charge >= 0.3 is 5.97 Å². The molecule has 1 fully saturated rings. The summed E-state index contributed by atoms with van der Waals surface area (Å²) in [4.78, 5) is 24.2. The van der Waals surface area contributed by atoms with Gasteiger partial charge in [-0.3, -0.25) is 4.79 Å². The number of nitrogen functional groups attached to an aromatic ring is 1. The normalized spacial score (nSPS) is 13.9. The van der Waals surface area contributed by atoms with Gasteiger partial charge in [-0.25, -0.2) is 4.79 Å². The molecule has 0 saturated heterocycles. The maximum absolute atomic E-state index is 11.7. The van der Waals surface area contributed by atoms with Crippen molar-refractivity contribution >= 4 is 23.3 Å². The molecule has 4 N–H and O–H groups in total. The Morgan fingerprint density at radius 2 is 2.16 bits per heavy atom. The number of carbonyl (C=O) groups excluding carboxylic acids is 1. The molecule has 0 aromatic heterocycles. The van der Waals surface area contributed by atoms with Gasteiger partial charge in [0.25, 0.3) is 0 Å². The first kappa shape index (κ1) is 13.2. The van der Waals surface area contributed by atoms with Crippen LogP contribution in [0.25, 0.3) is 0 Å². The Balaban J connectivity index is 2.03. The zero-order valence-electron chi connectivity index (χ0n) is 10.7. The molecule has 1 aliphatic carbocycles. The van der Waals surface area contributed by atoms with Crippen molar-refractivity contribution in [2.24, 2.45) is 0 Å². The molecule has 1 aromatic rings. The molecular formula is C13H17N3O3. The van der Waals surface area contributed by atoms with Crippen LogP contribution in [0.4, 0.5) is 11.4 Å². The molecule has 1 amide bonds. The number of nitrogens with one attached hydrogen (secondary N) is 1. The van der Waals surface area contributed by atoms with E-state index in [4.69, 9.17) is 10.8 Å². The first-order chi connectivity index (χ1) is 8.97. The summed E-state index contributed by atoms with van der Waals surface area (Å²) in [6.45, 7) is 0.202. The van der Waals surface area contributed by atoms with Crippen molar-refractivity contribution in [1.82, 2.24) is 5.32 Å². The fraction of sp³-hybridized carbons (Fsp3) is 0.385. The standard InChI is InChI=1S/C13H17N3O3/c1-16(7-12(17)15-9-3-4-9)11-5-2-8(13(18)19)6-10(11)14/h2,5-6,9H,3-4,7,14H2,1H3,(H,15,17)(H,18,19). The number of hydrogen-bond acceptors (Lipinski definition) is 4. The van der Waals surface area contributed by atoms with E-state index >= 15 is 0 Å². The summed E-state index contributed by atoms with van der Waals surface area (Å²) in [5.41, 5.74) is 6.95. The topological polar surface area (TPSA) is 95.7 Å². The number of anilines is 2. The van der Waals surface area contributed by atoms with Crippen molar-refractivity contribution in [3.8, 4) is 0 Å². The van der Waals surface area contributed by atoms with Gasteiger partial charge in [-0.2, -0.15) is 0 Å². The van der Waals surface area contributed by atoms with E-state index in [1.165, 1.54) is 12.1 Å². The van der Waals surface area contributed by atoms with Crippen LogP contribution in [0, 0.1) is 0 Å². The number of carboxylic acid groups (broad SMARTS) is 1. The second-order valence-corrected chi connectivity index (χ2v) is 4.78. The molecule has 0 bridgehead atoms. The zero-order valence-corrected chi connectivity index (χ0v) is 10.7. The number of benzene rings is 1. The fourth-order valence-corrected chi connectivity index (χ4v) is 1.84. The van der Waals surface area contributed by atoms with Gasteiger partial charge in [0.15, 0.2) is 0 Å². The van der Waals surface area contributed by atoms with Crippen molar-refractivity contribution in [3.63, 3.8) is 0 Å². The molecule has 2 rings (SSSR count). The Morgan fingerprint density at radius 3 is 2.68 bits per heavy atom. The maximum atomic E-state index is 11.7. The van der Waals surface area contributed by atoms with Crippen molar-refractivity contribution in [1.29, 1.82) is 0 Å². The van der Waals surface area contributed by atoms with Gasteiger partial charge in [0.2, 0.25) is 5.91 Å². The number of aromatic carboxylic acids is 1. The van der Waals surface area contributed by atoms with Gasteiger partial charge in [-0.15, -0.1) is 0 Å². The van der Waals surface area contributed by atoms with Crippen LogP contribution in [0.2, 0.25) is 0 Å². The second kappa shape index (κ2) is 5.17. The lowest BCUT2D eigenvalue weighted by Gasteiger charge is -2.20. The van der Waals surface area contributed by atoms with Gasteiger partial charge in [0.1, 0.15) is 0 Å². The lowest BCUT2D eigenvalue weighted by Crippen LogP contribution is -2.36. The molecule has 19 heavy (non-hydrogen) atoms. The van der Waals surface area contributed by atoms with Gasteiger partial charge in [-0.1, -0.05) is 0 Å². The van der Waals surface area contributed by atoms with E-state index in [9.17, 15) is 9.59 Å². The average Bonchev–Trinajstić information content (AvgIpc) is 3.12. The van der Waals surface area contributed by atoms with E-state index in [1.54, 1.807) is 18.0 Å². The van der Waals surface area contributed by atoms with E-state index < -0.39 is 5.97 Å². The van der Waals surface area contributed by atoms with Crippen LogP contribution >= 0.6 is 0 Å². The van der Waals surface area contributed by atoms with Gasteiger partial charge in [-0.05, 0) is 31.0 Å². The first-order valence-corrected chi connectivity index (χ1v) is 6.10. The summed E-state index contributed by atoms with van der Waals surface area (Å²) < 4.78 is 0. The SMILES string of the molecule is CN(CC(=O)NC1CC1)c1ccc(C(=O)O)cc1N. The van der Waals surface area contributed by atoms with Crippen LogP contribution in [-0.4, -0.2) is 36.6 Å². The summed E-state index contributed by atoms with van der Waals surface area (Å²) in [5, 5.41) is 11.7. The Labute approximate surface area is 111 Å². The van der Waals surface area contributed by atoms with Crippen molar-refractivity contribution in [2.45, 2.75) is 18.9 Å². The van der Waals surface area contributed by atoms with E-state index in [-0.39, 0.29) is 18.0 Å². The van der Waals surface area contributed by atoms with Crippen LogP contribution in [0.3, 0.4) is 0 Å². The number of amides is 1. The summed E-state index contributed by atoms with van der Waals surface area (Å²) in [5.74, 6) is -1.07. The molecule has 0 aliphatic heterocycles. The van der Waals surface area contributed by atoms with E-state index in [2.05, 4.69) is 5.32 Å². The summed E-state index contributed by atoms with van der Waals surface area (Å²) in [6.07, 6.45) is 2.09. The largest absolute Gasteiger partial charge is 0.478 e. The highest BCUT2D eigenvalue weighted by Gasteiger charge is 2.23. The van der Waals surface area contributed by atoms with Crippen LogP contribution in [-0.2, 0) is 4.79 Å². The Bertz CT molecular complexity index is 512. The number of carbonyl (C=O) groups is 2. The number of likely N-dealkylation sites (N-methyl/N-ethyl adjacent to an activating group) is 1. The second-order valence-electron chi connectivity index (χ2n) is 4.78. The molecule has 0 unspecified atom stereocenters. The zero-order chi connectivity index (χ0) is 14.0.